The molecule has 6 nitrogen and oxygen atoms in total. The van der Waals surface area contributed by atoms with Gasteiger partial charge in [0.05, 0.1) is 25.4 Å². The lowest BCUT2D eigenvalue weighted by molar-refractivity contribution is -0.135. The van der Waals surface area contributed by atoms with Crippen LogP contribution in [0, 0.1) is 0 Å². The Bertz CT molecular complexity index is 748. The molecule has 0 N–H and O–H groups in total. The highest BCUT2D eigenvalue weighted by Gasteiger charge is 2.24. The average Bonchev–Trinajstić information content (AvgIpc) is 3.61. The molecule has 2 fully saturated rings. The fourth-order valence-electron chi connectivity index (χ4n) is 2.82. The molecule has 2 heterocycles. The molecular weight excluding hydrogens is 360 g/mol. The van der Waals surface area contributed by atoms with Crippen molar-refractivity contribution in [3.05, 3.63) is 48.5 Å². The van der Waals surface area contributed by atoms with E-state index in [1.165, 1.54) is 0 Å². The first-order chi connectivity index (χ1) is 13.7. The number of rotatable bonds is 9. The Morgan fingerprint density at radius 2 is 1.07 bits per heavy atom. The molecule has 0 spiro atoms. The van der Waals surface area contributed by atoms with Crippen LogP contribution in [0.2, 0.25) is 0 Å². The third-order valence-corrected chi connectivity index (χ3v) is 4.65. The molecular formula is C22H22O6. The number of hydrogen-bond acceptors (Lipinski definition) is 6. The number of benzene rings is 2. The van der Waals surface area contributed by atoms with Gasteiger partial charge in [-0.3, -0.25) is 9.59 Å². The molecule has 4 rings (SSSR count). The summed E-state index contributed by atoms with van der Waals surface area (Å²) in [6, 6.07) is 14.7. The van der Waals surface area contributed by atoms with Crippen LogP contribution in [-0.2, 0) is 19.1 Å². The van der Waals surface area contributed by atoms with Gasteiger partial charge in [0.15, 0.2) is 0 Å². The first-order valence-electron chi connectivity index (χ1n) is 9.51. The molecule has 0 aromatic heterocycles. The first kappa shape index (κ1) is 18.7. The van der Waals surface area contributed by atoms with E-state index in [9.17, 15) is 9.59 Å². The van der Waals surface area contributed by atoms with Gasteiger partial charge in [-0.25, -0.2) is 0 Å². The third-order valence-electron chi connectivity index (χ3n) is 4.65. The molecule has 0 amide bonds. The van der Waals surface area contributed by atoms with Gasteiger partial charge in [0.2, 0.25) is 0 Å². The van der Waals surface area contributed by atoms with Crippen LogP contribution in [0.15, 0.2) is 48.5 Å². The van der Waals surface area contributed by atoms with Crippen molar-refractivity contribution in [1.82, 2.24) is 0 Å². The van der Waals surface area contributed by atoms with Crippen molar-refractivity contribution in [3.8, 4) is 22.6 Å². The lowest BCUT2D eigenvalue weighted by atomic mass is 10.1. The van der Waals surface area contributed by atoms with E-state index in [1.54, 1.807) is 24.3 Å². The van der Waals surface area contributed by atoms with Gasteiger partial charge in [0.25, 0.3) is 0 Å². The van der Waals surface area contributed by atoms with Crippen LogP contribution >= 0.6 is 0 Å². The Balaban J connectivity index is 1.28. The molecule has 2 unspecified atom stereocenters. The van der Waals surface area contributed by atoms with Gasteiger partial charge < -0.3 is 18.9 Å². The Morgan fingerprint density at radius 1 is 0.714 bits per heavy atom. The predicted octanol–water partition coefficient (Wildman–Crippen LogP) is 3.52. The standard InChI is InChI=1S/C22H22O6/c23-21(11-9-19-13-25-19)27-17-5-1-15(2-6-17)16-3-7-18(8-4-16)28-22(24)12-10-20-14-26-20/h1-8,19-20H,9-14H2. The van der Waals surface area contributed by atoms with Crippen molar-refractivity contribution < 1.29 is 28.5 Å². The van der Waals surface area contributed by atoms with Crippen LogP contribution in [0.3, 0.4) is 0 Å². The Kier molecular flexibility index (Phi) is 5.69. The molecule has 0 saturated carbocycles. The average molecular weight is 382 g/mol. The van der Waals surface area contributed by atoms with E-state index in [0.29, 0.717) is 37.2 Å². The van der Waals surface area contributed by atoms with Crippen LogP contribution in [-0.4, -0.2) is 37.4 Å². The minimum Gasteiger partial charge on any atom is -0.427 e. The fraction of sp³-hybridized carbons (Fsp3) is 0.364. The molecule has 2 saturated heterocycles. The summed E-state index contributed by atoms with van der Waals surface area (Å²) in [6.07, 6.45) is 2.60. The SMILES string of the molecule is O=C(CCC1CO1)Oc1ccc(-c2ccc(OC(=O)CCC3CO3)cc2)cc1. The normalized spacial score (nSPS) is 19.7. The monoisotopic (exact) mass is 382 g/mol. The second kappa shape index (κ2) is 8.54. The van der Waals surface area contributed by atoms with Gasteiger partial charge in [-0.1, -0.05) is 24.3 Å². The Morgan fingerprint density at radius 3 is 1.39 bits per heavy atom. The summed E-state index contributed by atoms with van der Waals surface area (Å²) in [5.41, 5.74) is 1.96. The molecule has 2 atom stereocenters. The van der Waals surface area contributed by atoms with Gasteiger partial charge in [-0.15, -0.1) is 0 Å². The van der Waals surface area contributed by atoms with Crippen LogP contribution < -0.4 is 9.47 Å². The van der Waals surface area contributed by atoms with E-state index < -0.39 is 0 Å². The summed E-state index contributed by atoms with van der Waals surface area (Å²) in [4.78, 5) is 23.6. The molecule has 0 radical (unpaired) electrons. The molecule has 0 bridgehead atoms. The van der Waals surface area contributed by atoms with Gasteiger partial charge >= 0.3 is 11.9 Å². The molecule has 0 aliphatic carbocycles. The Hall–Kier alpha value is -2.70. The van der Waals surface area contributed by atoms with E-state index in [4.69, 9.17) is 18.9 Å². The van der Waals surface area contributed by atoms with Crippen LogP contribution in [0.5, 0.6) is 11.5 Å². The maximum absolute atomic E-state index is 11.8. The Labute approximate surface area is 163 Å². The van der Waals surface area contributed by atoms with Crippen molar-refractivity contribution in [3.63, 3.8) is 0 Å². The zero-order valence-electron chi connectivity index (χ0n) is 15.5. The summed E-state index contributed by atoms with van der Waals surface area (Å²) in [7, 11) is 0. The number of ether oxygens (including phenoxy) is 4. The zero-order chi connectivity index (χ0) is 19.3. The predicted molar refractivity (Wildman–Crippen MR) is 101 cm³/mol. The van der Waals surface area contributed by atoms with Crippen LogP contribution in [0.25, 0.3) is 11.1 Å². The number of carbonyl (C=O) groups is 2. The molecule has 2 aliphatic heterocycles. The summed E-state index contributed by atoms with van der Waals surface area (Å²) in [5.74, 6) is 0.552. The molecule has 2 aromatic carbocycles. The highest BCUT2D eigenvalue weighted by molar-refractivity contribution is 5.74. The third kappa shape index (κ3) is 5.65. The smallest absolute Gasteiger partial charge is 0.311 e. The van der Waals surface area contributed by atoms with Gasteiger partial charge in [0, 0.05) is 12.8 Å². The van der Waals surface area contributed by atoms with Crippen LogP contribution in [0.4, 0.5) is 0 Å². The molecule has 2 aliphatic rings. The lowest BCUT2D eigenvalue weighted by Gasteiger charge is -2.07. The van der Waals surface area contributed by atoms with Crippen molar-refractivity contribution >= 4 is 11.9 Å². The fourth-order valence-corrected chi connectivity index (χ4v) is 2.82. The van der Waals surface area contributed by atoms with Gasteiger partial charge in [-0.2, -0.15) is 0 Å². The summed E-state index contributed by atoms with van der Waals surface area (Å²) >= 11 is 0. The highest BCUT2D eigenvalue weighted by Crippen LogP contribution is 2.25. The number of carbonyl (C=O) groups excluding carboxylic acids is 2. The molecule has 2 aromatic rings. The minimum absolute atomic E-state index is 0.226. The summed E-state index contributed by atoms with van der Waals surface area (Å²) in [6.45, 7) is 1.49. The van der Waals surface area contributed by atoms with Gasteiger partial charge in [-0.05, 0) is 48.2 Å². The van der Waals surface area contributed by atoms with E-state index in [-0.39, 0.29) is 24.1 Å². The molecule has 6 heteroatoms. The van der Waals surface area contributed by atoms with Crippen molar-refractivity contribution in [2.75, 3.05) is 13.2 Å². The van der Waals surface area contributed by atoms with E-state index in [1.807, 2.05) is 24.3 Å². The zero-order valence-corrected chi connectivity index (χ0v) is 15.5. The van der Waals surface area contributed by atoms with E-state index in [2.05, 4.69) is 0 Å². The minimum atomic E-state index is -0.248. The van der Waals surface area contributed by atoms with Crippen molar-refractivity contribution in [2.24, 2.45) is 0 Å². The molecule has 146 valence electrons. The van der Waals surface area contributed by atoms with Gasteiger partial charge in [0.1, 0.15) is 11.5 Å². The van der Waals surface area contributed by atoms with E-state index >= 15 is 0 Å². The van der Waals surface area contributed by atoms with E-state index in [0.717, 1.165) is 24.3 Å². The first-order valence-corrected chi connectivity index (χ1v) is 9.51. The second-order valence-corrected chi connectivity index (χ2v) is 6.98. The summed E-state index contributed by atoms with van der Waals surface area (Å²) < 4.78 is 20.8. The number of esters is 2. The molecule has 28 heavy (non-hydrogen) atoms. The quantitative estimate of drug-likeness (QED) is 0.375. The topological polar surface area (TPSA) is 77.7 Å². The number of epoxide rings is 2. The lowest BCUT2D eigenvalue weighted by Crippen LogP contribution is -2.08. The van der Waals surface area contributed by atoms with Crippen molar-refractivity contribution in [1.29, 1.82) is 0 Å². The second-order valence-electron chi connectivity index (χ2n) is 6.98. The number of hydrogen-bond donors (Lipinski definition) is 0. The largest absolute Gasteiger partial charge is 0.427 e. The highest BCUT2D eigenvalue weighted by atomic mass is 16.6. The maximum atomic E-state index is 11.8. The van der Waals surface area contributed by atoms with Crippen LogP contribution in [0.1, 0.15) is 25.7 Å². The van der Waals surface area contributed by atoms with Crippen molar-refractivity contribution in [2.45, 2.75) is 37.9 Å². The summed E-state index contributed by atoms with van der Waals surface area (Å²) in [5, 5.41) is 0. The maximum Gasteiger partial charge on any atom is 0.311 e.